The van der Waals surface area contributed by atoms with E-state index in [9.17, 15) is 4.79 Å². The predicted molar refractivity (Wildman–Crippen MR) is 99.0 cm³/mol. The van der Waals surface area contributed by atoms with Crippen molar-refractivity contribution in [2.75, 3.05) is 13.1 Å². The van der Waals surface area contributed by atoms with Gasteiger partial charge < -0.3 is 9.64 Å². The van der Waals surface area contributed by atoms with Crippen molar-refractivity contribution in [2.45, 2.75) is 26.4 Å². The van der Waals surface area contributed by atoms with Gasteiger partial charge in [-0.05, 0) is 54.7 Å². The third-order valence-corrected chi connectivity index (χ3v) is 4.38. The van der Waals surface area contributed by atoms with Crippen LogP contribution in [0.4, 0.5) is 0 Å². The number of amides is 1. The first-order valence-electron chi connectivity index (χ1n) is 8.80. The number of rotatable bonds is 5. The van der Waals surface area contributed by atoms with E-state index in [4.69, 9.17) is 4.74 Å². The number of hydrogen-bond acceptors (Lipinski definition) is 3. The number of hydrogen-bond donors (Lipinski definition) is 0. The van der Waals surface area contributed by atoms with Crippen molar-refractivity contribution in [3.05, 3.63) is 66.0 Å². The molecule has 1 aromatic heterocycles. The van der Waals surface area contributed by atoms with Crippen LogP contribution in [0.15, 0.2) is 54.7 Å². The van der Waals surface area contributed by atoms with Crippen molar-refractivity contribution >= 4 is 12.0 Å². The number of aromatic nitrogens is 1. The van der Waals surface area contributed by atoms with Crippen molar-refractivity contribution in [3.8, 4) is 5.75 Å². The summed E-state index contributed by atoms with van der Waals surface area (Å²) in [5.74, 6) is 1.49. The molecule has 1 saturated heterocycles. The minimum Gasteiger partial charge on any atom is -0.487 e. The Bertz CT molecular complexity index is 710. The maximum atomic E-state index is 12.3. The lowest BCUT2D eigenvalue weighted by atomic mass is 10.0. The molecule has 1 amide bonds. The summed E-state index contributed by atoms with van der Waals surface area (Å²) in [6.45, 7) is 4.38. The lowest BCUT2D eigenvalue weighted by Crippen LogP contribution is -2.38. The molecule has 4 nitrogen and oxygen atoms in total. The van der Waals surface area contributed by atoms with Gasteiger partial charge in [-0.25, -0.2) is 0 Å². The maximum Gasteiger partial charge on any atom is 0.246 e. The van der Waals surface area contributed by atoms with E-state index in [1.807, 2.05) is 53.4 Å². The van der Waals surface area contributed by atoms with Crippen molar-refractivity contribution in [2.24, 2.45) is 5.92 Å². The molecule has 4 heteroatoms. The maximum absolute atomic E-state index is 12.3. The molecule has 130 valence electrons. The summed E-state index contributed by atoms with van der Waals surface area (Å²) < 4.78 is 5.72. The van der Waals surface area contributed by atoms with Gasteiger partial charge in [0.1, 0.15) is 12.4 Å². The van der Waals surface area contributed by atoms with Crippen molar-refractivity contribution in [3.63, 3.8) is 0 Å². The van der Waals surface area contributed by atoms with Crippen LogP contribution in [-0.2, 0) is 11.4 Å². The average Bonchev–Trinajstić information content (AvgIpc) is 2.66. The highest BCUT2D eigenvalue weighted by atomic mass is 16.5. The molecule has 1 atom stereocenters. The van der Waals surface area contributed by atoms with Crippen molar-refractivity contribution in [1.82, 2.24) is 9.88 Å². The van der Waals surface area contributed by atoms with Gasteiger partial charge in [-0.2, -0.15) is 0 Å². The topological polar surface area (TPSA) is 42.4 Å². The van der Waals surface area contributed by atoms with E-state index in [0.29, 0.717) is 12.5 Å². The Morgan fingerprint density at radius 1 is 1.28 bits per heavy atom. The highest BCUT2D eigenvalue weighted by Crippen LogP contribution is 2.17. The molecule has 0 N–H and O–H groups in total. The van der Waals surface area contributed by atoms with E-state index in [1.54, 1.807) is 12.3 Å². The molecule has 0 spiro atoms. The first kappa shape index (κ1) is 17.2. The summed E-state index contributed by atoms with van der Waals surface area (Å²) in [6, 6.07) is 13.5. The second kappa shape index (κ2) is 8.47. The Labute approximate surface area is 149 Å². The van der Waals surface area contributed by atoms with E-state index in [2.05, 4.69) is 11.9 Å². The fraction of sp³-hybridized carbons (Fsp3) is 0.333. The normalized spacial score (nSPS) is 17.6. The zero-order chi connectivity index (χ0) is 17.5. The molecular formula is C21H24N2O2. The van der Waals surface area contributed by atoms with E-state index in [-0.39, 0.29) is 5.91 Å². The zero-order valence-corrected chi connectivity index (χ0v) is 14.6. The lowest BCUT2D eigenvalue weighted by molar-refractivity contribution is -0.127. The Morgan fingerprint density at radius 3 is 2.84 bits per heavy atom. The summed E-state index contributed by atoms with van der Waals surface area (Å²) in [5, 5.41) is 0. The smallest absolute Gasteiger partial charge is 0.246 e. The van der Waals surface area contributed by atoms with E-state index in [1.165, 1.54) is 6.42 Å². The summed E-state index contributed by atoms with van der Waals surface area (Å²) in [5.41, 5.74) is 1.89. The first-order chi connectivity index (χ1) is 12.2. The van der Waals surface area contributed by atoms with Crippen molar-refractivity contribution in [1.29, 1.82) is 0 Å². The largest absolute Gasteiger partial charge is 0.487 e. The van der Waals surface area contributed by atoms with E-state index in [0.717, 1.165) is 36.5 Å². The van der Waals surface area contributed by atoms with Gasteiger partial charge in [0.15, 0.2) is 0 Å². The molecule has 0 radical (unpaired) electrons. The first-order valence-corrected chi connectivity index (χ1v) is 8.80. The van der Waals surface area contributed by atoms with Crippen molar-refractivity contribution < 1.29 is 9.53 Å². The molecule has 1 aliphatic heterocycles. The third-order valence-electron chi connectivity index (χ3n) is 4.38. The molecule has 25 heavy (non-hydrogen) atoms. The van der Waals surface area contributed by atoms with E-state index < -0.39 is 0 Å². The molecule has 0 bridgehead atoms. The van der Waals surface area contributed by atoms with Crippen LogP contribution in [0.25, 0.3) is 6.08 Å². The number of carbonyl (C=O) groups is 1. The van der Waals surface area contributed by atoms with Crippen LogP contribution in [0.2, 0.25) is 0 Å². The molecule has 1 aliphatic rings. The number of likely N-dealkylation sites (tertiary alicyclic amines) is 1. The third kappa shape index (κ3) is 5.18. The van der Waals surface area contributed by atoms with Gasteiger partial charge in [-0.1, -0.05) is 25.1 Å². The van der Waals surface area contributed by atoms with Gasteiger partial charge >= 0.3 is 0 Å². The molecule has 1 aromatic carbocycles. The molecule has 0 saturated carbocycles. The summed E-state index contributed by atoms with van der Waals surface area (Å²) in [4.78, 5) is 18.4. The van der Waals surface area contributed by atoms with Crippen LogP contribution in [0, 0.1) is 5.92 Å². The number of pyridine rings is 1. The van der Waals surface area contributed by atoms with Gasteiger partial charge in [-0.15, -0.1) is 0 Å². The molecule has 0 aliphatic carbocycles. The average molecular weight is 336 g/mol. The fourth-order valence-electron chi connectivity index (χ4n) is 2.98. The quantitative estimate of drug-likeness (QED) is 0.777. The molecular weight excluding hydrogens is 312 g/mol. The fourth-order valence-corrected chi connectivity index (χ4v) is 2.98. The van der Waals surface area contributed by atoms with Crippen LogP contribution in [0.3, 0.4) is 0 Å². The summed E-state index contributed by atoms with van der Waals surface area (Å²) in [6.07, 6.45) is 7.61. The Balaban J connectivity index is 1.52. The van der Waals surface area contributed by atoms with E-state index >= 15 is 0 Å². The Hall–Kier alpha value is -2.62. The highest BCUT2D eigenvalue weighted by molar-refractivity contribution is 5.91. The van der Waals surface area contributed by atoms with Crippen LogP contribution in [0.1, 0.15) is 31.0 Å². The Kier molecular flexibility index (Phi) is 5.83. The van der Waals surface area contributed by atoms with Crippen LogP contribution < -0.4 is 4.74 Å². The van der Waals surface area contributed by atoms with Crippen LogP contribution in [-0.4, -0.2) is 28.9 Å². The number of nitrogens with zero attached hydrogens (tertiary/aromatic N) is 2. The minimum atomic E-state index is 0.0991. The standard InChI is InChI=1S/C21H24N2O2/c1-17-5-4-14-23(15-17)21(24)12-9-18-7-10-20(11-8-18)25-16-19-6-2-3-13-22-19/h2-3,6-13,17H,4-5,14-16H2,1H3/b12-9+. The summed E-state index contributed by atoms with van der Waals surface area (Å²) in [7, 11) is 0. The highest BCUT2D eigenvalue weighted by Gasteiger charge is 2.18. The SMILES string of the molecule is CC1CCCN(C(=O)/C=C/c2ccc(OCc3ccccn3)cc2)C1. The van der Waals surface area contributed by atoms with Gasteiger partial charge in [0.2, 0.25) is 5.91 Å². The van der Waals surface area contributed by atoms with Gasteiger partial charge in [0.05, 0.1) is 5.69 Å². The zero-order valence-electron chi connectivity index (χ0n) is 14.6. The lowest BCUT2D eigenvalue weighted by Gasteiger charge is -2.30. The number of piperidine rings is 1. The minimum absolute atomic E-state index is 0.0991. The molecule has 2 heterocycles. The van der Waals surface area contributed by atoms with Crippen LogP contribution >= 0.6 is 0 Å². The van der Waals surface area contributed by atoms with Gasteiger partial charge in [-0.3, -0.25) is 9.78 Å². The number of ether oxygens (including phenoxy) is 1. The Morgan fingerprint density at radius 2 is 2.12 bits per heavy atom. The number of benzene rings is 1. The molecule has 1 unspecified atom stereocenters. The number of carbonyl (C=O) groups excluding carboxylic acids is 1. The van der Waals surface area contributed by atoms with Gasteiger partial charge in [0, 0.05) is 25.4 Å². The molecule has 1 fully saturated rings. The molecule has 3 rings (SSSR count). The second-order valence-corrected chi connectivity index (χ2v) is 6.54. The second-order valence-electron chi connectivity index (χ2n) is 6.54. The van der Waals surface area contributed by atoms with Gasteiger partial charge in [0.25, 0.3) is 0 Å². The summed E-state index contributed by atoms with van der Waals surface area (Å²) >= 11 is 0. The predicted octanol–water partition coefficient (Wildman–Crippen LogP) is 3.93. The monoisotopic (exact) mass is 336 g/mol. The van der Waals surface area contributed by atoms with Crippen LogP contribution in [0.5, 0.6) is 5.75 Å². The molecule has 2 aromatic rings.